The summed E-state index contributed by atoms with van der Waals surface area (Å²) >= 11 is 0. The average Bonchev–Trinajstić information content (AvgIpc) is 2.55. The fourth-order valence-electron chi connectivity index (χ4n) is 3.35. The molecule has 0 fully saturated rings. The molecule has 0 bridgehead atoms. The summed E-state index contributed by atoms with van der Waals surface area (Å²) in [5, 5.41) is 5.90. The Balaban J connectivity index is 3.42. The third-order valence-electron chi connectivity index (χ3n) is 4.76. The van der Waals surface area contributed by atoms with E-state index in [1.165, 1.54) is 70.6 Å². The van der Waals surface area contributed by atoms with E-state index in [9.17, 15) is 13.2 Å². The van der Waals surface area contributed by atoms with E-state index in [0.717, 1.165) is 13.0 Å². The van der Waals surface area contributed by atoms with Crippen LogP contribution in [0.25, 0.3) is 0 Å². The van der Waals surface area contributed by atoms with Crippen molar-refractivity contribution < 1.29 is 17.8 Å². The van der Waals surface area contributed by atoms with Gasteiger partial charge in [-0.2, -0.15) is 8.42 Å². The molecule has 0 spiro atoms. The number of rotatable bonds is 19. The van der Waals surface area contributed by atoms with E-state index in [0.29, 0.717) is 13.0 Å². The first-order valence-electron chi connectivity index (χ1n) is 11.1. The molecule has 0 heterocycles. The standard InChI is InChI=1S/C21H44N2O4S/c1-4-5-6-7-8-9-10-11-12-13-14-15-17-22-18-16-20(24)23-21(2,3)19-28(25,26)27/h22H,4-19H2,1-3H3,(H,23,24)(H,25,26,27). The topological polar surface area (TPSA) is 95.5 Å². The van der Waals surface area contributed by atoms with Crippen LogP contribution in [0, 0.1) is 0 Å². The Bertz CT molecular complexity index is 493. The van der Waals surface area contributed by atoms with Crippen molar-refractivity contribution in [3.8, 4) is 0 Å². The lowest BCUT2D eigenvalue weighted by Gasteiger charge is -2.24. The van der Waals surface area contributed by atoms with Gasteiger partial charge in [-0.25, -0.2) is 0 Å². The molecule has 0 saturated heterocycles. The fourth-order valence-corrected chi connectivity index (χ4v) is 4.33. The molecule has 0 aromatic carbocycles. The molecule has 0 aromatic heterocycles. The molecule has 0 saturated carbocycles. The Morgan fingerprint density at radius 3 is 1.75 bits per heavy atom. The van der Waals surface area contributed by atoms with E-state index in [4.69, 9.17) is 4.55 Å². The number of hydrogen-bond donors (Lipinski definition) is 3. The molecule has 0 rings (SSSR count). The lowest BCUT2D eigenvalue weighted by atomic mass is 10.1. The third-order valence-corrected chi connectivity index (χ3v) is 5.84. The van der Waals surface area contributed by atoms with E-state index >= 15 is 0 Å². The minimum Gasteiger partial charge on any atom is -0.350 e. The molecule has 0 aliphatic carbocycles. The van der Waals surface area contributed by atoms with Gasteiger partial charge in [-0.3, -0.25) is 9.35 Å². The van der Waals surface area contributed by atoms with E-state index in [1.54, 1.807) is 13.8 Å². The molecule has 0 aliphatic rings. The SMILES string of the molecule is CCCCCCCCCCCCCCNCCC(=O)NC(C)(C)CS(=O)(=O)O. The monoisotopic (exact) mass is 420 g/mol. The molecule has 6 nitrogen and oxygen atoms in total. The van der Waals surface area contributed by atoms with Crippen LogP contribution in [0.15, 0.2) is 0 Å². The van der Waals surface area contributed by atoms with Gasteiger partial charge in [-0.1, -0.05) is 77.6 Å². The second-order valence-corrected chi connectivity index (χ2v) is 10.00. The van der Waals surface area contributed by atoms with Crippen molar-refractivity contribution in [1.82, 2.24) is 10.6 Å². The van der Waals surface area contributed by atoms with Crippen LogP contribution < -0.4 is 10.6 Å². The van der Waals surface area contributed by atoms with Gasteiger partial charge in [0.15, 0.2) is 0 Å². The molecule has 0 unspecified atom stereocenters. The summed E-state index contributed by atoms with van der Waals surface area (Å²) in [6, 6.07) is 0. The molecule has 0 radical (unpaired) electrons. The van der Waals surface area contributed by atoms with Crippen molar-refractivity contribution in [3.63, 3.8) is 0 Å². The quantitative estimate of drug-likeness (QED) is 0.212. The highest BCUT2D eigenvalue weighted by Crippen LogP contribution is 2.11. The number of carbonyl (C=O) groups is 1. The molecule has 3 N–H and O–H groups in total. The van der Waals surface area contributed by atoms with Crippen molar-refractivity contribution in [3.05, 3.63) is 0 Å². The molecular weight excluding hydrogens is 376 g/mol. The molecule has 168 valence electrons. The third kappa shape index (κ3) is 20.1. The van der Waals surface area contributed by atoms with Crippen molar-refractivity contribution >= 4 is 16.0 Å². The minimum absolute atomic E-state index is 0.212. The predicted octanol–water partition coefficient (Wildman–Crippen LogP) is 4.45. The maximum Gasteiger partial charge on any atom is 0.267 e. The number of carbonyl (C=O) groups excluding carboxylic acids is 1. The van der Waals surface area contributed by atoms with Crippen LogP contribution in [0.4, 0.5) is 0 Å². The summed E-state index contributed by atoms with van der Waals surface area (Å²) in [7, 11) is -4.11. The van der Waals surface area contributed by atoms with E-state index < -0.39 is 21.4 Å². The molecule has 7 heteroatoms. The first-order chi connectivity index (χ1) is 13.2. The molecule has 0 aliphatic heterocycles. The Labute approximate surface area is 173 Å². The van der Waals surface area contributed by atoms with Crippen LogP contribution in [0.2, 0.25) is 0 Å². The van der Waals surface area contributed by atoms with Crippen LogP contribution in [0.1, 0.15) is 104 Å². The maximum atomic E-state index is 11.9. The van der Waals surface area contributed by atoms with Gasteiger partial charge in [0.05, 0.1) is 11.3 Å². The normalized spacial score (nSPS) is 12.3. The smallest absolute Gasteiger partial charge is 0.267 e. The van der Waals surface area contributed by atoms with E-state index in [1.807, 2.05) is 0 Å². The summed E-state index contributed by atoms with van der Waals surface area (Å²) in [6.45, 7) is 6.89. The van der Waals surface area contributed by atoms with Crippen molar-refractivity contribution in [1.29, 1.82) is 0 Å². The second-order valence-electron chi connectivity index (χ2n) is 8.55. The van der Waals surface area contributed by atoms with Gasteiger partial charge in [0, 0.05) is 13.0 Å². The van der Waals surface area contributed by atoms with Crippen LogP contribution in [-0.4, -0.2) is 43.3 Å². The Kier molecular flexibility index (Phi) is 15.8. The zero-order valence-corrected chi connectivity index (χ0v) is 19.2. The zero-order chi connectivity index (χ0) is 21.3. The summed E-state index contributed by atoms with van der Waals surface area (Å²) in [4.78, 5) is 11.9. The number of amides is 1. The molecular formula is C21H44N2O4S. The van der Waals surface area contributed by atoms with Crippen molar-refractivity contribution in [2.45, 2.75) is 110 Å². The lowest BCUT2D eigenvalue weighted by molar-refractivity contribution is -0.122. The van der Waals surface area contributed by atoms with Crippen LogP contribution in [-0.2, 0) is 14.9 Å². The summed E-state index contributed by atoms with van der Waals surface area (Å²) in [6.07, 6.45) is 16.2. The number of hydrogen-bond acceptors (Lipinski definition) is 4. The van der Waals surface area contributed by atoms with E-state index in [2.05, 4.69) is 17.6 Å². The van der Waals surface area contributed by atoms with Gasteiger partial charge >= 0.3 is 0 Å². The van der Waals surface area contributed by atoms with Crippen LogP contribution >= 0.6 is 0 Å². The molecule has 0 atom stereocenters. The molecule has 28 heavy (non-hydrogen) atoms. The summed E-state index contributed by atoms with van der Waals surface area (Å²) in [5.74, 6) is -0.700. The lowest BCUT2D eigenvalue weighted by Crippen LogP contribution is -2.48. The molecule has 0 aromatic rings. The Hall–Kier alpha value is -0.660. The first kappa shape index (κ1) is 27.3. The van der Waals surface area contributed by atoms with Crippen molar-refractivity contribution in [2.24, 2.45) is 0 Å². The van der Waals surface area contributed by atoms with Gasteiger partial charge in [-0.05, 0) is 26.8 Å². The van der Waals surface area contributed by atoms with Gasteiger partial charge in [-0.15, -0.1) is 0 Å². The number of nitrogens with one attached hydrogen (secondary N) is 2. The molecule has 1 amide bonds. The Morgan fingerprint density at radius 2 is 1.29 bits per heavy atom. The van der Waals surface area contributed by atoms with E-state index in [-0.39, 0.29) is 5.91 Å². The maximum absolute atomic E-state index is 11.9. The highest BCUT2D eigenvalue weighted by Gasteiger charge is 2.26. The van der Waals surface area contributed by atoms with Crippen LogP contribution in [0.5, 0.6) is 0 Å². The highest BCUT2D eigenvalue weighted by molar-refractivity contribution is 7.85. The largest absolute Gasteiger partial charge is 0.350 e. The van der Waals surface area contributed by atoms with Gasteiger partial charge in [0.25, 0.3) is 10.1 Å². The van der Waals surface area contributed by atoms with Gasteiger partial charge in [0.1, 0.15) is 0 Å². The minimum atomic E-state index is -4.11. The number of unbranched alkanes of at least 4 members (excludes halogenated alkanes) is 11. The second kappa shape index (κ2) is 16.2. The summed E-state index contributed by atoms with van der Waals surface area (Å²) < 4.78 is 30.7. The van der Waals surface area contributed by atoms with Gasteiger partial charge < -0.3 is 10.6 Å². The predicted molar refractivity (Wildman–Crippen MR) is 117 cm³/mol. The fraction of sp³-hybridized carbons (Fsp3) is 0.952. The Morgan fingerprint density at radius 1 is 0.821 bits per heavy atom. The van der Waals surface area contributed by atoms with Gasteiger partial charge in [0.2, 0.25) is 5.91 Å². The zero-order valence-electron chi connectivity index (χ0n) is 18.4. The average molecular weight is 421 g/mol. The summed E-state index contributed by atoms with van der Waals surface area (Å²) in [5.41, 5.74) is -0.972. The van der Waals surface area contributed by atoms with Crippen molar-refractivity contribution in [2.75, 3.05) is 18.8 Å². The highest BCUT2D eigenvalue weighted by atomic mass is 32.2. The van der Waals surface area contributed by atoms with Crippen LogP contribution in [0.3, 0.4) is 0 Å². The first-order valence-corrected chi connectivity index (χ1v) is 12.7.